The molecular formula is C55H104N20O14. The lowest BCUT2D eigenvalue weighted by molar-refractivity contribution is -0.136. The van der Waals surface area contributed by atoms with E-state index in [4.69, 9.17) is 55.8 Å². The molecule has 0 radical (unpaired) electrons. The van der Waals surface area contributed by atoms with Gasteiger partial charge in [-0.25, -0.2) is 0 Å². The molecule has 9 unspecified atom stereocenters. The van der Waals surface area contributed by atoms with Crippen molar-refractivity contribution in [2.75, 3.05) is 32.7 Å². The quantitative estimate of drug-likeness (QED) is 0.0155. The largest absolute Gasteiger partial charge is 0.481 e. The van der Waals surface area contributed by atoms with Crippen LogP contribution in [0.5, 0.6) is 0 Å². The summed E-state index contributed by atoms with van der Waals surface area (Å²) in [4.78, 5) is 166. The van der Waals surface area contributed by atoms with Crippen molar-refractivity contribution in [3.8, 4) is 0 Å². The minimum Gasteiger partial charge on any atom is -0.481 e. The van der Waals surface area contributed by atoms with Gasteiger partial charge in [0.25, 0.3) is 5.97 Å². The number of aliphatic hydroxyl groups is 1. The number of hydrogen-bond donors (Lipinski definition) is 19. The van der Waals surface area contributed by atoms with Gasteiger partial charge < -0.3 is 104 Å². The van der Waals surface area contributed by atoms with Crippen molar-refractivity contribution in [3.63, 3.8) is 0 Å². The topological polar surface area (TPSA) is 599 Å². The van der Waals surface area contributed by atoms with Crippen LogP contribution in [0.4, 0.5) is 0 Å². The van der Waals surface area contributed by atoms with Crippen molar-refractivity contribution in [1.82, 2.24) is 47.9 Å². The molecule has 0 heterocycles. The van der Waals surface area contributed by atoms with E-state index in [0.29, 0.717) is 12.8 Å². The number of carboxylic acids is 1. The fraction of sp³-hybridized carbons (Fsp3) is 0.727. The number of carbonyl (C=O) groups is 12. The number of rotatable bonds is 47. The number of aliphatic imine (C=N–C) groups is 3. The number of aliphatic hydroxyl groups excluding tert-OH is 1. The Morgan fingerprint density at radius 3 is 1.19 bits per heavy atom. The van der Waals surface area contributed by atoms with Gasteiger partial charge in [-0.1, -0.05) is 91.4 Å². The zero-order valence-electron chi connectivity index (χ0n) is 52.6. The number of guanidine groups is 3. The predicted molar refractivity (Wildman–Crippen MR) is 333 cm³/mol. The first-order valence-corrected chi connectivity index (χ1v) is 30.1. The lowest BCUT2D eigenvalue weighted by atomic mass is 9.98. The SMILES string of the molecule is CC(=O)O.CCCCCCCCCCCCCC(=O)NCC(=O)NC(CCCN=C(N)N)C(=O)NC(C(=O)NCC(=O)NC(CCCN=C(N)N)C(=O)NC(CCCN=C(N)N)C(=O)NC(CC(N)=O)C(=O)NC(C)C(=O)NC(C(N)=O)C(C)CC)C(C)O. The maximum atomic E-state index is 14.1. The molecule has 0 saturated carbocycles. The molecule has 34 heteroatoms. The maximum absolute atomic E-state index is 14.1. The van der Waals surface area contributed by atoms with Crippen LogP contribution in [-0.4, -0.2) is 180 Å². The third-order valence-corrected chi connectivity index (χ3v) is 13.3. The van der Waals surface area contributed by atoms with Gasteiger partial charge in [-0.15, -0.1) is 0 Å². The first kappa shape index (κ1) is 82.5. The molecule has 0 spiro atoms. The summed E-state index contributed by atoms with van der Waals surface area (Å²) in [5, 5.41) is 40.0. The van der Waals surface area contributed by atoms with E-state index in [2.05, 4.69) is 69.8 Å². The number of nitrogens with one attached hydrogen (secondary N) is 9. The Bertz CT molecular complexity index is 2330. The number of amides is 11. The summed E-state index contributed by atoms with van der Waals surface area (Å²) in [5.74, 6) is -11.7. The summed E-state index contributed by atoms with van der Waals surface area (Å²) in [6.07, 6.45) is 10.4. The molecule has 0 aromatic carbocycles. The van der Waals surface area contributed by atoms with Crippen LogP contribution in [-0.2, 0) is 57.5 Å². The van der Waals surface area contributed by atoms with Crippen LogP contribution >= 0.6 is 0 Å². The van der Waals surface area contributed by atoms with Gasteiger partial charge in [0.15, 0.2) is 17.9 Å². The molecule has 34 nitrogen and oxygen atoms in total. The van der Waals surface area contributed by atoms with E-state index >= 15 is 0 Å². The predicted octanol–water partition coefficient (Wildman–Crippen LogP) is -4.63. The van der Waals surface area contributed by atoms with E-state index in [-0.39, 0.29) is 94.3 Å². The molecule has 0 aliphatic rings. The highest BCUT2D eigenvalue weighted by atomic mass is 16.4. The van der Waals surface area contributed by atoms with Crippen LogP contribution in [0.3, 0.4) is 0 Å². The summed E-state index contributed by atoms with van der Waals surface area (Å²) < 4.78 is 0. The lowest BCUT2D eigenvalue weighted by Crippen LogP contribution is -2.60. The number of carboxylic acid groups (broad SMARTS) is 1. The van der Waals surface area contributed by atoms with Crippen LogP contribution in [0.15, 0.2) is 15.0 Å². The second kappa shape index (κ2) is 48.4. The van der Waals surface area contributed by atoms with Gasteiger partial charge in [-0.3, -0.25) is 72.5 Å². The highest BCUT2D eigenvalue weighted by molar-refractivity contribution is 5.99. The molecule has 0 bridgehead atoms. The van der Waals surface area contributed by atoms with Gasteiger partial charge in [0.05, 0.1) is 25.6 Å². The molecule has 9 atom stereocenters. The Labute approximate surface area is 520 Å². The first-order chi connectivity index (χ1) is 41.9. The van der Waals surface area contributed by atoms with Crippen molar-refractivity contribution in [2.45, 2.75) is 218 Å². The molecular weight excluding hydrogens is 1160 g/mol. The molecule has 0 saturated heterocycles. The smallest absolute Gasteiger partial charge is 0.300 e. The van der Waals surface area contributed by atoms with Gasteiger partial charge in [-0.05, 0) is 64.7 Å². The average Bonchev–Trinajstić information content (AvgIpc) is 3.57. The van der Waals surface area contributed by atoms with Crippen LogP contribution in [0.25, 0.3) is 0 Å². The summed E-state index contributed by atoms with van der Waals surface area (Å²) in [6, 6.07) is -10.1. The van der Waals surface area contributed by atoms with Crippen molar-refractivity contribution in [2.24, 2.45) is 66.8 Å². The Hall–Kier alpha value is -8.59. The number of aliphatic carboxylic acids is 1. The fourth-order valence-electron chi connectivity index (χ4n) is 8.30. The number of nitrogens with zero attached hydrogens (tertiary/aromatic N) is 3. The molecule has 27 N–H and O–H groups in total. The molecule has 11 amide bonds. The maximum Gasteiger partial charge on any atom is 0.300 e. The third-order valence-electron chi connectivity index (χ3n) is 13.3. The lowest BCUT2D eigenvalue weighted by Gasteiger charge is -2.26. The van der Waals surface area contributed by atoms with Crippen LogP contribution in [0.2, 0.25) is 0 Å². The molecule has 89 heavy (non-hydrogen) atoms. The van der Waals surface area contributed by atoms with Crippen LogP contribution in [0.1, 0.15) is 170 Å². The van der Waals surface area contributed by atoms with Crippen molar-refractivity contribution in [3.05, 3.63) is 0 Å². The van der Waals surface area contributed by atoms with Gasteiger partial charge in [-0.2, -0.15) is 0 Å². The molecule has 0 rings (SSSR count). The zero-order chi connectivity index (χ0) is 68.0. The Morgan fingerprint density at radius 1 is 0.427 bits per heavy atom. The van der Waals surface area contributed by atoms with E-state index in [1.807, 2.05) is 0 Å². The van der Waals surface area contributed by atoms with Crippen molar-refractivity contribution in [1.29, 1.82) is 0 Å². The van der Waals surface area contributed by atoms with Gasteiger partial charge in [0, 0.05) is 33.0 Å². The second-order valence-corrected chi connectivity index (χ2v) is 21.4. The summed E-state index contributed by atoms with van der Waals surface area (Å²) >= 11 is 0. The first-order valence-electron chi connectivity index (χ1n) is 30.1. The number of unbranched alkanes of at least 4 members (excludes halogenated alkanes) is 10. The highest BCUT2D eigenvalue weighted by Crippen LogP contribution is 2.13. The Balaban J connectivity index is 0. The highest BCUT2D eigenvalue weighted by Gasteiger charge is 2.34. The normalized spacial score (nSPS) is 13.7. The summed E-state index contributed by atoms with van der Waals surface area (Å²) in [5.41, 5.74) is 43.6. The third kappa shape index (κ3) is 42.8. The zero-order valence-corrected chi connectivity index (χ0v) is 52.6. The van der Waals surface area contributed by atoms with Crippen molar-refractivity contribution >= 4 is 88.8 Å². The number of carbonyl (C=O) groups excluding carboxylic acids is 11. The van der Waals surface area contributed by atoms with Crippen molar-refractivity contribution < 1.29 is 67.7 Å². The van der Waals surface area contributed by atoms with Gasteiger partial charge in [0.1, 0.15) is 42.3 Å². The number of nitrogens with two attached hydrogens (primary N) is 8. The van der Waals surface area contributed by atoms with Gasteiger partial charge in [0.2, 0.25) is 65.0 Å². The second-order valence-electron chi connectivity index (χ2n) is 21.4. The monoisotopic (exact) mass is 1270 g/mol. The summed E-state index contributed by atoms with van der Waals surface area (Å²) in [7, 11) is 0. The Kier molecular flexibility index (Phi) is 44.9. The molecule has 0 aromatic rings. The van der Waals surface area contributed by atoms with Crippen LogP contribution in [0, 0.1) is 5.92 Å². The number of primary amides is 2. The van der Waals surface area contributed by atoms with Gasteiger partial charge >= 0.3 is 0 Å². The standard InChI is InChI=1S/C53H100N20O12.C2H4O2/c1-6-8-9-10-11-12-13-14-15-16-17-24-39(76)65-29-40(77)69-35(22-19-26-63-52(58)59)48(83)73-43(33(5)74)50(85)66-30-41(78)68-34(21-18-25-62-51(56)57)46(81)70-36(23-20-27-64-53(60)61)47(82)71-37(28-38(54)75)49(84)67-32(4)45(80)72-42(44(55)79)31(3)7-2;1-2(3)4/h31-37,42-43,74H,6-30H2,1-5H3,(H2,54,75)(H2,55,79)(H,65,76)(H,66,85)(H,67,84)(H,68,78)(H,69,77)(H,70,81)(H,71,82)(H,72,80)(H,73,83)(H4,56,57,62)(H4,58,59,63)(H4,60,61,64);1H3,(H,3,4). The molecule has 508 valence electrons. The molecule has 0 aliphatic carbocycles. The molecule has 0 aliphatic heterocycles. The number of hydrogen-bond acceptors (Lipinski definition) is 16. The van der Waals surface area contributed by atoms with E-state index in [0.717, 1.165) is 32.6 Å². The summed E-state index contributed by atoms with van der Waals surface area (Å²) in [6.45, 7) is 7.90. The van der Waals surface area contributed by atoms with E-state index in [9.17, 15) is 57.8 Å². The minimum absolute atomic E-state index is 0.0259. The van der Waals surface area contributed by atoms with E-state index in [1.54, 1.807) is 13.8 Å². The molecule has 0 fully saturated rings. The minimum atomic E-state index is -1.71. The Morgan fingerprint density at radius 2 is 0.798 bits per heavy atom. The average molecular weight is 1270 g/mol. The molecule has 0 aromatic heterocycles. The van der Waals surface area contributed by atoms with Crippen LogP contribution < -0.4 is 93.7 Å². The fourth-order valence-corrected chi connectivity index (χ4v) is 8.30. The van der Waals surface area contributed by atoms with E-state index in [1.165, 1.54) is 52.4 Å². The van der Waals surface area contributed by atoms with E-state index < -0.39 is 133 Å².